The van der Waals surface area contributed by atoms with Gasteiger partial charge in [0.15, 0.2) is 0 Å². The van der Waals surface area contributed by atoms with E-state index < -0.39 is 12.1 Å². The van der Waals surface area contributed by atoms with Crippen LogP contribution in [0.1, 0.15) is 29.6 Å². The molecule has 3 amide bonds. The number of hydrogen-bond acceptors (Lipinski definition) is 4. The minimum absolute atomic E-state index is 0.0477. The maximum absolute atomic E-state index is 12.6. The second kappa shape index (κ2) is 7.65. The molecule has 1 aromatic rings. The highest BCUT2D eigenvalue weighted by atomic mass is 16.2. The number of hydrogen-bond donors (Lipinski definition) is 2. The molecule has 7 heteroatoms. The maximum atomic E-state index is 12.6. The fourth-order valence-corrected chi connectivity index (χ4v) is 3.44. The van der Waals surface area contributed by atoms with E-state index in [4.69, 9.17) is 5.73 Å². The van der Waals surface area contributed by atoms with E-state index in [0.717, 1.165) is 12.8 Å². The molecule has 1 aromatic carbocycles. The van der Waals surface area contributed by atoms with Crippen molar-refractivity contribution in [3.63, 3.8) is 0 Å². The Morgan fingerprint density at radius 1 is 1.16 bits per heavy atom. The molecule has 2 fully saturated rings. The predicted molar refractivity (Wildman–Crippen MR) is 92.7 cm³/mol. The van der Waals surface area contributed by atoms with Crippen molar-refractivity contribution in [3.05, 3.63) is 35.9 Å². The number of rotatable bonds is 5. The van der Waals surface area contributed by atoms with Crippen molar-refractivity contribution >= 4 is 17.7 Å². The van der Waals surface area contributed by atoms with Crippen molar-refractivity contribution in [1.29, 1.82) is 0 Å². The summed E-state index contributed by atoms with van der Waals surface area (Å²) >= 11 is 0. The van der Waals surface area contributed by atoms with Crippen LogP contribution in [0.25, 0.3) is 0 Å². The molecule has 25 heavy (non-hydrogen) atoms. The third-order valence-corrected chi connectivity index (χ3v) is 4.84. The van der Waals surface area contributed by atoms with Gasteiger partial charge in [0.05, 0.1) is 6.54 Å². The Balaban J connectivity index is 1.65. The van der Waals surface area contributed by atoms with Gasteiger partial charge in [0, 0.05) is 18.7 Å². The van der Waals surface area contributed by atoms with Crippen LogP contribution >= 0.6 is 0 Å². The lowest BCUT2D eigenvalue weighted by Gasteiger charge is -2.45. The Kier molecular flexibility index (Phi) is 5.33. The average molecular weight is 344 g/mol. The second-order valence-electron chi connectivity index (χ2n) is 6.51. The molecule has 0 radical (unpaired) electrons. The summed E-state index contributed by atoms with van der Waals surface area (Å²) in [6.45, 7) is 1.65. The topological polar surface area (TPSA) is 95.7 Å². The minimum atomic E-state index is -0.598. The number of carbonyl (C=O) groups excluding carboxylic acids is 3. The first-order valence-corrected chi connectivity index (χ1v) is 8.77. The average Bonchev–Trinajstić information content (AvgIpc) is 2.65. The summed E-state index contributed by atoms with van der Waals surface area (Å²) in [6.07, 6.45) is 2.25. The van der Waals surface area contributed by atoms with Crippen molar-refractivity contribution in [1.82, 2.24) is 15.1 Å². The fourth-order valence-electron chi connectivity index (χ4n) is 3.44. The molecule has 134 valence electrons. The lowest BCUT2D eigenvalue weighted by atomic mass is 10.00. The molecular formula is C18H24N4O3. The lowest BCUT2D eigenvalue weighted by Crippen LogP contribution is -2.69. The van der Waals surface area contributed by atoms with E-state index in [0.29, 0.717) is 31.6 Å². The predicted octanol–water partition coefficient (Wildman–Crippen LogP) is -0.0330. The molecule has 0 bridgehead atoms. The van der Waals surface area contributed by atoms with E-state index in [1.165, 1.54) is 0 Å². The van der Waals surface area contributed by atoms with Gasteiger partial charge in [-0.1, -0.05) is 18.2 Å². The van der Waals surface area contributed by atoms with Crippen molar-refractivity contribution in [2.45, 2.75) is 31.3 Å². The number of piperazine rings is 2. The molecule has 2 aliphatic rings. The van der Waals surface area contributed by atoms with Gasteiger partial charge in [-0.15, -0.1) is 0 Å². The van der Waals surface area contributed by atoms with Gasteiger partial charge in [0.2, 0.25) is 11.8 Å². The Bertz CT molecular complexity index is 649. The third-order valence-electron chi connectivity index (χ3n) is 4.84. The maximum Gasteiger partial charge on any atom is 0.253 e. The van der Waals surface area contributed by atoms with E-state index in [2.05, 4.69) is 5.32 Å². The van der Waals surface area contributed by atoms with Crippen LogP contribution in [-0.2, 0) is 9.59 Å². The van der Waals surface area contributed by atoms with Crippen LogP contribution in [0.4, 0.5) is 0 Å². The summed E-state index contributed by atoms with van der Waals surface area (Å²) in [5, 5.41) is 2.81. The van der Waals surface area contributed by atoms with Crippen LogP contribution in [0.15, 0.2) is 30.3 Å². The standard InChI is InChI=1S/C18H24N4O3/c19-9-5-4-8-14-18(25)22-11-10-21(12-15(22)16(23)20-14)17(24)13-6-2-1-3-7-13/h1-3,6-7,14-15H,4-5,8-12,19H2,(H,20,23)/t14-,15+/m0/s1. The summed E-state index contributed by atoms with van der Waals surface area (Å²) in [5.74, 6) is -0.332. The molecule has 0 saturated carbocycles. The summed E-state index contributed by atoms with van der Waals surface area (Å²) in [7, 11) is 0. The van der Waals surface area contributed by atoms with Crippen LogP contribution in [0.2, 0.25) is 0 Å². The summed E-state index contributed by atoms with van der Waals surface area (Å²) in [6, 6.07) is 7.93. The number of nitrogens with two attached hydrogens (primary N) is 1. The molecule has 7 nitrogen and oxygen atoms in total. The van der Waals surface area contributed by atoms with Crippen molar-refractivity contribution in [2.75, 3.05) is 26.2 Å². The van der Waals surface area contributed by atoms with Gasteiger partial charge in [-0.3, -0.25) is 14.4 Å². The second-order valence-corrected chi connectivity index (χ2v) is 6.51. The lowest BCUT2D eigenvalue weighted by molar-refractivity contribution is -0.152. The van der Waals surface area contributed by atoms with Crippen LogP contribution in [0.3, 0.4) is 0 Å². The Morgan fingerprint density at radius 3 is 2.64 bits per heavy atom. The molecule has 3 rings (SSSR count). The number of unbranched alkanes of at least 4 members (excludes halogenated alkanes) is 1. The molecule has 0 unspecified atom stereocenters. The largest absolute Gasteiger partial charge is 0.342 e. The first kappa shape index (κ1) is 17.4. The highest BCUT2D eigenvalue weighted by molar-refractivity contribution is 5.99. The highest BCUT2D eigenvalue weighted by Crippen LogP contribution is 2.20. The Morgan fingerprint density at radius 2 is 1.92 bits per heavy atom. The molecule has 0 aromatic heterocycles. The van der Waals surface area contributed by atoms with E-state index in [1.807, 2.05) is 18.2 Å². The number of carbonyl (C=O) groups is 3. The Labute approximate surface area is 147 Å². The number of amides is 3. The zero-order valence-corrected chi connectivity index (χ0v) is 14.2. The van der Waals surface area contributed by atoms with Crippen LogP contribution in [0, 0.1) is 0 Å². The van der Waals surface area contributed by atoms with E-state index in [1.54, 1.807) is 21.9 Å². The zero-order chi connectivity index (χ0) is 17.8. The van der Waals surface area contributed by atoms with Gasteiger partial charge in [-0.2, -0.15) is 0 Å². The Hall–Kier alpha value is -2.41. The van der Waals surface area contributed by atoms with Gasteiger partial charge in [-0.05, 0) is 37.9 Å². The van der Waals surface area contributed by atoms with Crippen LogP contribution in [-0.4, -0.2) is 65.8 Å². The third kappa shape index (κ3) is 3.66. The number of nitrogens with zero attached hydrogens (tertiary/aromatic N) is 2. The van der Waals surface area contributed by atoms with E-state index in [-0.39, 0.29) is 24.3 Å². The summed E-state index contributed by atoms with van der Waals surface area (Å²) in [4.78, 5) is 40.9. The van der Waals surface area contributed by atoms with Crippen molar-refractivity contribution < 1.29 is 14.4 Å². The number of nitrogens with one attached hydrogen (secondary N) is 1. The first-order chi connectivity index (χ1) is 12.1. The minimum Gasteiger partial charge on any atom is -0.342 e. The van der Waals surface area contributed by atoms with Gasteiger partial charge >= 0.3 is 0 Å². The normalized spacial score (nSPS) is 23.2. The summed E-state index contributed by atoms with van der Waals surface area (Å²) in [5.41, 5.74) is 6.08. The van der Waals surface area contributed by atoms with Crippen molar-refractivity contribution in [2.24, 2.45) is 5.73 Å². The highest BCUT2D eigenvalue weighted by Gasteiger charge is 2.43. The molecule has 2 aliphatic heterocycles. The van der Waals surface area contributed by atoms with Gasteiger partial charge in [0.25, 0.3) is 5.91 Å². The molecule has 3 N–H and O–H groups in total. The van der Waals surface area contributed by atoms with Gasteiger partial charge in [0.1, 0.15) is 12.1 Å². The monoisotopic (exact) mass is 344 g/mol. The quantitative estimate of drug-likeness (QED) is 0.733. The van der Waals surface area contributed by atoms with Crippen LogP contribution in [0.5, 0.6) is 0 Å². The smallest absolute Gasteiger partial charge is 0.253 e. The molecule has 2 heterocycles. The molecule has 2 atom stereocenters. The zero-order valence-electron chi connectivity index (χ0n) is 14.2. The SMILES string of the molecule is NCCCC[C@@H]1NC(=O)[C@H]2CN(C(=O)c3ccccc3)CCN2C1=O. The number of benzene rings is 1. The van der Waals surface area contributed by atoms with Crippen molar-refractivity contribution in [3.8, 4) is 0 Å². The van der Waals surface area contributed by atoms with E-state index in [9.17, 15) is 14.4 Å². The van der Waals surface area contributed by atoms with Crippen LogP contribution < -0.4 is 11.1 Å². The fraction of sp³-hybridized carbons (Fsp3) is 0.500. The number of fused-ring (bicyclic) bond motifs is 1. The van der Waals surface area contributed by atoms with E-state index >= 15 is 0 Å². The molecule has 0 aliphatic carbocycles. The van der Waals surface area contributed by atoms with Gasteiger partial charge in [-0.25, -0.2) is 0 Å². The first-order valence-electron chi connectivity index (χ1n) is 8.77. The molecular weight excluding hydrogens is 320 g/mol. The molecule has 2 saturated heterocycles. The van der Waals surface area contributed by atoms with Gasteiger partial charge < -0.3 is 20.9 Å². The molecule has 0 spiro atoms. The summed E-state index contributed by atoms with van der Waals surface area (Å²) < 4.78 is 0.